The van der Waals surface area contributed by atoms with Gasteiger partial charge in [-0.3, -0.25) is 9.36 Å². The van der Waals surface area contributed by atoms with Crippen LogP contribution < -0.4 is 10.6 Å². The van der Waals surface area contributed by atoms with Crippen LogP contribution in [-0.2, 0) is 13.1 Å². The van der Waals surface area contributed by atoms with Gasteiger partial charge in [0.1, 0.15) is 10.8 Å². The van der Waals surface area contributed by atoms with Gasteiger partial charge in [-0.1, -0.05) is 59.1 Å². The fourth-order valence-corrected chi connectivity index (χ4v) is 4.18. The van der Waals surface area contributed by atoms with Crippen molar-refractivity contribution in [3.05, 3.63) is 92.1 Å². The number of nitrogens with zero attached hydrogens (tertiary/aromatic N) is 4. The average molecular weight is 538 g/mol. The molecule has 0 aliphatic rings. The Kier molecular flexibility index (Phi) is 7.42. The molecule has 6 nitrogen and oxygen atoms in total. The van der Waals surface area contributed by atoms with Crippen LogP contribution in [-0.4, -0.2) is 24.7 Å². The third-order valence-corrected chi connectivity index (χ3v) is 6.40. The lowest BCUT2D eigenvalue weighted by Crippen LogP contribution is -2.20. The minimum atomic E-state index is -0.301. The second-order valence-electron chi connectivity index (χ2n) is 7.65. The predicted octanol–water partition coefficient (Wildman–Crippen LogP) is 6.70. The highest BCUT2D eigenvalue weighted by Crippen LogP contribution is 2.26. The van der Waals surface area contributed by atoms with Crippen LogP contribution in [0.2, 0.25) is 15.1 Å². The summed E-state index contributed by atoms with van der Waals surface area (Å²) in [6.45, 7) is 4.60. The number of aromatic nitrogens is 4. The zero-order valence-corrected chi connectivity index (χ0v) is 21.3. The molecule has 4 aromatic rings. The van der Waals surface area contributed by atoms with E-state index in [9.17, 15) is 4.39 Å². The van der Waals surface area contributed by atoms with E-state index in [0.717, 1.165) is 22.6 Å². The van der Waals surface area contributed by atoms with Crippen LogP contribution in [0, 0.1) is 19.7 Å². The van der Waals surface area contributed by atoms with E-state index in [1.807, 2.05) is 30.7 Å². The van der Waals surface area contributed by atoms with Crippen LogP contribution >= 0.6 is 47.0 Å². The zero-order chi connectivity index (χ0) is 24.4. The quantitative estimate of drug-likeness (QED) is 0.268. The maximum atomic E-state index is 13.9. The molecule has 0 spiro atoms. The van der Waals surface area contributed by atoms with Crippen molar-refractivity contribution < 1.29 is 4.39 Å². The van der Waals surface area contributed by atoms with Crippen molar-refractivity contribution in [2.45, 2.75) is 26.9 Å². The van der Waals surface area contributed by atoms with Gasteiger partial charge in [0.25, 0.3) is 0 Å². The summed E-state index contributed by atoms with van der Waals surface area (Å²) in [7, 11) is 0. The van der Waals surface area contributed by atoms with Crippen molar-refractivity contribution >= 4 is 63.6 Å². The zero-order valence-electron chi connectivity index (χ0n) is 18.2. The van der Waals surface area contributed by atoms with Crippen LogP contribution in [0.4, 0.5) is 15.9 Å². The molecular formula is C23H20Cl3FN6S. The summed E-state index contributed by atoms with van der Waals surface area (Å²) < 4.78 is 17.4. The number of hydrogen-bond acceptors (Lipinski definition) is 3. The number of hydrogen-bond donors (Lipinski definition) is 2. The Morgan fingerprint density at radius 1 is 0.971 bits per heavy atom. The first-order chi connectivity index (χ1) is 16.2. The van der Waals surface area contributed by atoms with Gasteiger partial charge in [-0.25, -0.2) is 4.39 Å². The smallest absolute Gasteiger partial charge is 0.176 e. The second-order valence-corrected chi connectivity index (χ2v) is 9.28. The standard InChI is InChI=1S/C23H20Cl3FN6S/c1-13-21(14(2)33(30-13)10-15-7-8-17(24)18(25)9-15)28-23(34)29-22-19(26)12-32(31-22)11-16-5-3-4-6-20(16)27/h3-9,12H,10-11H2,1-2H3,(H2,28,29,31,34). The van der Waals surface area contributed by atoms with Gasteiger partial charge in [0.2, 0.25) is 0 Å². The van der Waals surface area contributed by atoms with Gasteiger partial charge >= 0.3 is 0 Å². The van der Waals surface area contributed by atoms with Crippen LogP contribution in [0.3, 0.4) is 0 Å². The lowest BCUT2D eigenvalue weighted by Gasteiger charge is -2.10. The van der Waals surface area contributed by atoms with Gasteiger partial charge in [-0.05, 0) is 49.8 Å². The van der Waals surface area contributed by atoms with E-state index >= 15 is 0 Å². The van der Waals surface area contributed by atoms with Gasteiger partial charge < -0.3 is 10.6 Å². The maximum Gasteiger partial charge on any atom is 0.176 e. The number of benzene rings is 2. The Labute approximate surface area is 216 Å². The number of halogens is 4. The van der Waals surface area contributed by atoms with E-state index in [0.29, 0.717) is 38.1 Å². The molecule has 0 aliphatic carbocycles. The van der Waals surface area contributed by atoms with Crippen molar-refractivity contribution in [2.24, 2.45) is 0 Å². The maximum absolute atomic E-state index is 13.9. The molecule has 11 heteroatoms. The first-order valence-electron chi connectivity index (χ1n) is 10.2. The number of rotatable bonds is 6. The number of nitrogens with one attached hydrogen (secondary N) is 2. The minimum Gasteiger partial charge on any atom is -0.329 e. The van der Waals surface area contributed by atoms with Gasteiger partial charge in [0.05, 0.1) is 40.2 Å². The summed E-state index contributed by atoms with van der Waals surface area (Å²) in [5.74, 6) is 0.0682. The summed E-state index contributed by atoms with van der Waals surface area (Å²) in [5, 5.41) is 16.8. The van der Waals surface area contributed by atoms with Gasteiger partial charge in [0, 0.05) is 11.8 Å². The molecule has 0 unspecified atom stereocenters. The summed E-state index contributed by atoms with van der Waals surface area (Å²) in [6, 6.07) is 12.0. The normalized spacial score (nSPS) is 11.0. The number of aryl methyl sites for hydroxylation is 1. The van der Waals surface area contributed by atoms with E-state index in [-0.39, 0.29) is 12.4 Å². The Balaban J connectivity index is 1.45. The molecule has 0 aliphatic heterocycles. The Hall–Kier alpha value is -2.65. The van der Waals surface area contributed by atoms with E-state index in [2.05, 4.69) is 20.8 Å². The topological polar surface area (TPSA) is 59.7 Å². The number of thiocarbonyl (C=S) groups is 1. The first kappa shape index (κ1) is 24.5. The molecule has 176 valence electrons. The highest BCUT2D eigenvalue weighted by molar-refractivity contribution is 7.80. The average Bonchev–Trinajstić information content (AvgIpc) is 3.25. The van der Waals surface area contributed by atoms with Crippen molar-refractivity contribution in [1.29, 1.82) is 0 Å². The monoisotopic (exact) mass is 536 g/mol. The van der Waals surface area contributed by atoms with Crippen molar-refractivity contribution in [2.75, 3.05) is 10.6 Å². The third kappa shape index (κ3) is 5.52. The molecule has 2 N–H and O–H groups in total. The van der Waals surface area contributed by atoms with Crippen LogP contribution in [0.5, 0.6) is 0 Å². The molecule has 0 atom stereocenters. The fraction of sp³-hybridized carbons (Fsp3) is 0.174. The summed E-state index contributed by atoms with van der Waals surface area (Å²) in [4.78, 5) is 0. The molecule has 0 saturated heterocycles. The fourth-order valence-electron chi connectivity index (χ4n) is 3.46. The molecule has 0 fully saturated rings. The van der Waals surface area contributed by atoms with Crippen LogP contribution in [0.15, 0.2) is 48.7 Å². The predicted molar refractivity (Wildman–Crippen MR) is 140 cm³/mol. The Morgan fingerprint density at radius 3 is 2.47 bits per heavy atom. The summed E-state index contributed by atoms with van der Waals surface area (Å²) in [5.41, 5.74) is 3.93. The third-order valence-electron chi connectivity index (χ3n) is 5.18. The van der Waals surface area contributed by atoms with E-state index in [4.69, 9.17) is 47.0 Å². The highest BCUT2D eigenvalue weighted by atomic mass is 35.5. The van der Waals surface area contributed by atoms with E-state index < -0.39 is 0 Å². The molecule has 2 heterocycles. The van der Waals surface area contributed by atoms with Gasteiger partial charge in [-0.15, -0.1) is 0 Å². The lowest BCUT2D eigenvalue weighted by molar-refractivity contribution is 0.586. The van der Waals surface area contributed by atoms with Crippen LogP contribution in [0.25, 0.3) is 0 Å². The molecule has 0 bridgehead atoms. The molecule has 0 amide bonds. The van der Waals surface area contributed by atoms with Crippen LogP contribution in [0.1, 0.15) is 22.5 Å². The minimum absolute atomic E-state index is 0.244. The summed E-state index contributed by atoms with van der Waals surface area (Å²) in [6.07, 6.45) is 1.62. The SMILES string of the molecule is Cc1nn(Cc2ccc(Cl)c(Cl)c2)c(C)c1NC(=S)Nc1nn(Cc2ccccc2F)cc1Cl. The molecular weight excluding hydrogens is 518 g/mol. The first-order valence-corrected chi connectivity index (χ1v) is 11.8. The molecule has 0 saturated carbocycles. The molecule has 2 aromatic carbocycles. The van der Waals surface area contributed by atoms with Crippen molar-refractivity contribution in [3.63, 3.8) is 0 Å². The van der Waals surface area contributed by atoms with Crippen molar-refractivity contribution in [3.8, 4) is 0 Å². The van der Waals surface area contributed by atoms with Gasteiger partial charge in [0.15, 0.2) is 10.9 Å². The molecule has 0 radical (unpaired) electrons. The molecule has 2 aromatic heterocycles. The second kappa shape index (κ2) is 10.3. The molecule has 4 rings (SSSR count). The Morgan fingerprint density at radius 2 is 1.74 bits per heavy atom. The Bertz CT molecular complexity index is 1370. The summed E-state index contributed by atoms with van der Waals surface area (Å²) >= 11 is 23.9. The van der Waals surface area contributed by atoms with Crippen molar-refractivity contribution in [1.82, 2.24) is 19.6 Å². The molecule has 34 heavy (non-hydrogen) atoms. The number of anilines is 2. The van der Waals surface area contributed by atoms with E-state index in [1.165, 1.54) is 6.07 Å². The van der Waals surface area contributed by atoms with E-state index in [1.54, 1.807) is 35.1 Å². The van der Waals surface area contributed by atoms with Gasteiger partial charge in [-0.2, -0.15) is 10.2 Å². The highest BCUT2D eigenvalue weighted by Gasteiger charge is 2.16. The largest absolute Gasteiger partial charge is 0.329 e. The lowest BCUT2D eigenvalue weighted by atomic mass is 10.2.